The zero-order chi connectivity index (χ0) is 10.8. The molecule has 0 aliphatic carbocycles. The zero-order valence-corrected chi connectivity index (χ0v) is 8.83. The molecular weight excluding hydrogens is 266 g/mol. The summed E-state index contributed by atoms with van der Waals surface area (Å²) in [5, 5.41) is 14.2. The molecule has 2 aromatic heterocycles. The van der Waals surface area contributed by atoms with E-state index in [4.69, 9.17) is 0 Å². The average Bonchev–Trinajstić information content (AvgIpc) is 2.68. The Morgan fingerprint density at radius 1 is 1.33 bits per heavy atom. The lowest BCUT2D eigenvalue weighted by atomic mass is 10.6. The Bertz CT molecular complexity index is 494. The second-order valence-electron chi connectivity index (χ2n) is 2.60. The van der Waals surface area contributed by atoms with Crippen LogP contribution in [0.3, 0.4) is 0 Å². The van der Waals surface area contributed by atoms with Gasteiger partial charge >= 0.3 is 5.69 Å². The van der Waals surface area contributed by atoms with Crippen LogP contribution in [0.1, 0.15) is 0 Å². The smallest absolute Gasteiger partial charge is 0.258 e. The van der Waals surface area contributed by atoms with Gasteiger partial charge in [-0.2, -0.15) is 9.78 Å². The van der Waals surface area contributed by atoms with Crippen LogP contribution in [0.5, 0.6) is 0 Å². The van der Waals surface area contributed by atoms with Gasteiger partial charge in [0, 0.05) is 12.4 Å². The highest BCUT2D eigenvalue weighted by atomic mass is 79.9. The Morgan fingerprint density at radius 3 is 2.53 bits per heavy atom. The molecule has 2 aromatic rings. The number of aromatic nitrogens is 4. The van der Waals surface area contributed by atoms with Gasteiger partial charge in [0.05, 0.1) is 9.40 Å². The molecule has 0 unspecified atom stereocenters. The number of hydrogen-bond acceptors (Lipinski definition) is 5. The van der Waals surface area contributed by atoms with E-state index in [1.54, 1.807) is 0 Å². The van der Waals surface area contributed by atoms with E-state index in [0.29, 0.717) is 0 Å². The molecule has 76 valence electrons. The van der Waals surface area contributed by atoms with E-state index in [1.807, 2.05) is 0 Å². The lowest BCUT2D eigenvalue weighted by Gasteiger charge is -1.96. The summed E-state index contributed by atoms with van der Waals surface area (Å²) in [5.41, 5.74) is -0.0958. The molecule has 0 spiro atoms. The summed E-state index contributed by atoms with van der Waals surface area (Å²) in [5.74, 6) is 0.284. The van der Waals surface area contributed by atoms with Crippen molar-refractivity contribution in [1.29, 1.82) is 0 Å². The molecule has 2 heterocycles. The maximum atomic E-state index is 10.4. The summed E-state index contributed by atoms with van der Waals surface area (Å²) in [7, 11) is 0. The van der Waals surface area contributed by atoms with Gasteiger partial charge in [0.1, 0.15) is 12.4 Å². The molecule has 0 saturated carbocycles. The van der Waals surface area contributed by atoms with Crippen LogP contribution in [0.2, 0.25) is 0 Å². The Balaban J connectivity index is 2.37. The molecule has 0 amide bonds. The van der Waals surface area contributed by atoms with Gasteiger partial charge in [0.2, 0.25) is 0 Å². The lowest BCUT2D eigenvalue weighted by molar-refractivity contribution is -0.384. The fourth-order valence-electron chi connectivity index (χ4n) is 0.941. The second-order valence-corrected chi connectivity index (χ2v) is 3.52. The molecule has 15 heavy (non-hydrogen) atoms. The van der Waals surface area contributed by atoms with Crippen LogP contribution in [0, 0.1) is 10.1 Å². The topological polar surface area (TPSA) is 86.7 Å². The first-order valence-electron chi connectivity index (χ1n) is 3.84. The molecule has 0 aromatic carbocycles. The summed E-state index contributed by atoms with van der Waals surface area (Å²) in [6.45, 7) is 0. The van der Waals surface area contributed by atoms with Gasteiger partial charge in [-0.1, -0.05) is 0 Å². The summed E-state index contributed by atoms with van der Waals surface area (Å²) < 4.78 is 1.97. The van der Waals surface area contributed by atoms with Crippen molar-refractivity contribution in [3.8, 4) is 5.95 Å². The summed E-state index contributed by atoms with van der Waals surface area (Å²) >= 11 is 3.18. The number of halogens is 1. The van der Waals surface area contributed by atoms with Crippen molar-refractivity contribution >= 4 is 21.6 Å². The van der Waals surface area contributed by atoms with Crippen LogP contribution in [0.4, 0.5) is 5.69 Å². The highest BCUT2D eigenvalue weighted by Gasteiger charge is 2.10. The van der Waals surface area contributed by atoms with Crippen LogP contribution in [0.15, 0.2) is 29.3 Å². The maximum Gasteiger partial charge on any atom is 0.307 e. The van der Waals surface area contributed by atoms with Gasteiger partial charge in [-0.05, 0) is 15.9 Å². The maximum absolute atomic E-state index is 10.4. The molecule has 0 N–H and O–H groups in total. The quantitative estimate of drug-likeness (QED) is 0.606. The highest BCUT2D eigenvalue weighted by molar-refractivity contribution is 9.10. The molecule has 0 bridgehead atoms. The van der Waals surface area contributed by atoms with Crippen molar-refractivity contribution in [3.63, 3.8) is 0 Å². The monoisotopic (exact) mass is 269 g/mol. The number of rotatable bonds is 2. The van der Waals surface area contributed by atoms with Crippen LogP contribution >= 0.6 is 15.9 Å². The van der Waals surface area contributed by atoms with Crippen LogP contribution < -0.4 is 0 Å². The number of nitrogens with zero attached hydrogens (tertiary/aromatic N) is 5. The van der Waals surface area contributed by atoms with Gasteiger partial charge in [-0.25, -0.2) is 9.97 Å². The molecular formula is C7H4BrN5O2. The molecule has 0 aliphatic heterocycles. The predicted octanol–water partition coefficient (Wildman–Crippen LogP) is 1.33. The Morgan fingerprint density at radius 2 is 2.00 bits per heavy atom. The first kappa shape index (κ1) is 9.71. The summed E-state index contributed by atoms with van der Waals surface area (Å²) in [6, 6.07) is 0. The molecule has 2 rings (SSSR count). The van der Waals surface area contributed by atoms with E-state index in [1.165, 1.54) is 23.3 Å². The van der Waals surface area contributed by atoms with E-state index in [2.05, 4.69) is 31.0 Å². The molecule has 7 nitrogen and oxygen atoms in total. The number of nitro groups is 1. The first-order valence-corrected chi connectivity index (χ1v) is 4.63. The largest absolute Gasteiger partial charge is 0.307 e. The predicted molar refractivity (Wildman–Crippen MR) is 53.5 cm³/mol. The van der Waals surface area contributed by atoms with Crippen molar-refractivity contribution in [3.05, 3.63) is 39.4 Å². The third kappa shape index (κ3) is 1.99. The molecule has 0 aliphatic rings. The normalized spacial score (nSPS) is 10.2. The lowest BCUT2D eigenvalue weighted by Crippen LogP contribution is -2.00. The van der Waals surface area contributed by atoms with Crippen molar-refractivity contribution in [2.45, 2.75) is 0 Å². The SMILES string of the molecule is O=[N+]([O-])c1cnn(-c2ncc(Br)cn2)c1. The van der Waals surface area contributed by atoms with Crippen molar-refractivity contribution in [2.24, 2.45) is 0 Å². The van der Waals surface area contributed by atoms with E-state index in [0.717, 1.165) is 10.7 Å². The highest BCUT2D eigenvalue weighted by Crippen LogP contribution is 2.11. The van der Waals surface area contributed by atoms with E-state index in [-0.39, 0.29) is 11.6 Å². The Kier molecular flexibility index (Phi) is 2.42. The minimum Gasteiger partial charge on any atom is -0.258 e. The summed E-state index contributed by atoms with van der Waals surface area (Å²) in [6.07, 6.45) is 5.47. The third-order valence-corrected chi connectivity index (χ3v) is 2.00. The average molecular weight is 270 g/mol. The van der Waals surface area contributed by atoms with Crippen molar-refractivity contribution in [1.82, 2.24) is 19.7 Å². The minimum atomic E-state index is -0.525. The molecule has 0 saturated heterocycles. The second kappa shape index (κ2) is 3.73. The van der Waals surface area contributed by atoms with Crippen molar-refractivity contribution in [2.75, 3.05) is 0 Å². The van der Waals surface area contributed by atoms with Crippen LogP contribution in [0.25, 0.3) is 5.95 Å². The molecule has 8 heteroatoms. The summed E-state index contributed by atoms with van der Waals surface area (Å²) in [4.78, 5) is 17.8. The van der Waals surface area contributed by atoms with E-state index >= 15 is 0 Å². The number of hydrogen-bond donors (Lipinski definition) is 0. The standard InChI is InChI=1S/C7H4BrN5O2/c8-5-1-9-7(10-2-5)12-4-6(3-11-12)13(14)15/h1-4H. The van der Waals surface area contributed by atoms with Crippen LogP contribution in [-0.4, -0.2) is 24.7 Å². The third-order valence-electron chi connectivity index (χ3n) is 1.59. The first-order chi connectivity index (χ1) is 7.16. The van der Waals surface area contributed by atoms with Gasteiger partial charge in [0.15, 0.2) is 0 Å². The van der Waals surface area contributed by atoms with Gasteiger partial charge in [-0.3, -0.25) is 10.1 Å². The van der Waals surface area contributed by atoms with Gasteiger partial charge in [-0.15, -0.1) is 0 Å². The molecule has 0 atom stereocenters. The fraction of sp³-hybridized carbons (Fsp3) is 0. The van der Waals surface area contributed by atoms with E-state index in [9.17, 15) is 10.1 Å². The van der Waals surface area contributed by atoms with Gasteiger partial charge in [0.25, 0.3) is 5.95 Å². The Labute approximate surface area is 92.1 Å². The van der Waals surface area contributed by atoms with Crippen LogP contribution in [-0.2, 0) is 0 Å². The van der Waals surface area contributed by atoms with E-state index < -0.39 is 4.92 Å². The van der Waals surface area contributed by atoms with Gasteiger partial charge < -0.3 is 0 Å². The Hall–Kier alpha value is -1.83. The molecule has 0 fully saturated rings. The fourth-order valence-corrected chi connectivity index (χ4v) is 1.15. The molecule has 0 radical (unpaired) electrons. The zero-order valence-electron chi connectivity index (χ0n) is 7.24. The van der Waals surface area contributed by atoms with Crippen molar-refractivity contribution < 1.29 is 4.92 Å². The minimum absolute atomic E-state index is 0.0958.